The molecule has 0 unspecified atom stereocenters. The van der Waals surface area contributed by atoms with Crippen molar-refractivity contribution < 1.29 is 23.5 Å². The second-order valence-electron chi connectivity index (χ2n) is 5.49. The molecule has 0 spiro atoms. The standard InChI is InChI=1S/C18H15ClFN3O4/c1-4-27-18(26)16(24)13-9(2)23(3)15(14(13)19)17(25)22-11-5-6-12(20)10(7-11)8-21/h5-7H,4H2,1-3H3,(H,22,25). The molecule has 0 saturated heterocycles. The largest absolute Gasteiger partial charge is 0.460 e. The fraction of sp³-hybridized carbons (Fsp3) is 0.222. The molecular weight excluding hydrogens is 377 g/mol. The van der Waals surface area contributed by atoms with Gasteiger partial charge in [-0.3, -0.25) is 9.59 Å². The molecule has 0 aliphatic carbocycles. The maximum Gasteiger partial charge on any atom is 0.379 e. The van der Waals surface area contributed by atoms with Gasteiger partial charge in [0.05, 0.1) is 22.8 Å². The number of amides is 1. The Labute approximate surface area is 159 Å². The van der Waals surface area contributed by atoms with Gasteiger partial charge >= 0.3 is 5.97 Å². The third-order valence-electron chi connectivity index (χ3n) is 3.88. The number of carbonyl (C=O) groups is 3. The first-order chi connectivity index (χ1) is 12.7. The highest BCUT2D eigenvalue weighted by Gasteiger charge is 2.30. The van der Waals surface area contributed by atoms with E-state index < -0.39 is 23.5 Å². The number of hydrogen-bond acceptors (Lipinski definition) is 5. The van der Waals surface area contributed by atoms with Crippen molar-refractivity contribution in [3.8, 4) is 6.07 Å². The Kier molecular flexibility index (Phi) is 5.98. The molecule has 1 aromatic carbocycles. The molecule has 140 valence electrons. The number of hydrogen-bond donors (Lipinski definition) is 1. The van der Waals surface area contributed by atoms with Gasteiger partial charge in [-0.15, -0.1) is 0 Å². The predicted molar refractivity (Wildman–Crippen MR) is 95.2 cm³/mol. The van der Waals surface area contributed by atoms with E-state index in [0.29, 0.717) is 5.69 Å². The van der Waals surface area contributed by atoms with E-state index in [1.807, 2.05) is 0 Å². The Hall–Kier alpha value is -3.18. The second kappa shape index (κ2) is 8.01. The van der Waals surface area contributed by atoms with Crippen LogP contribution in [-0.4, -0.2) is 28.8 Å². The molecule has 9 heteroatoms. The summed E-state index contributed by atoms with van der Waals surface area (Å²) in [7, 11) is 1.50. The van der Waals surface area contributed by atoms with Crippen LogP contribution >= 0.6 is 11.6 Å². The van der Waals surface area contributed by atoms with E-state index in [0.717, 1.165) is 6.07 Å². The number of carbonyl (C=O) groups excluding carboxylic acids is 3. The van der Waals surface area contributed by atoms with Crippen LogP contribution in [0.4, 0.5) is 10.1 Å². The van der Waals surface area contributed by atoms with E-state index in [-0.39, 0.29) is 34.1 Å². The molecule has 0 radical (unpaired) electrons. The van der Waals surface area contributed by atoms with E-state index in [1.165, 1.54) is 30.7 Å². The molecule has 7 nitrogen and oxygen atoms in total. The highest BCUT2D eigenvalue weighted by Crippen LogP contribution is 2.29. The molecular formula is C18H15ClFN3O4. The Morgan fingerprint density at radius 2 is 2.04 bits per heavy atom. The van der Waals surface area contributed by atoms with Crippen molar-refractivity contribution in [2.75, 3.05) is 11.9 Å². The topological polar surface area (TPSA) is 101 Å². The number of nitrogens with one attached hydrogen (secondary N) is 1. The van der Waals surface area contributed by atoms with Crippen LogP contribution in [0.2, 0.25) is 5.02 Å². The summed E-state index contributed by atoms with van der Waals surface area (Å²) in [4.78, 5) is 36.6. The fourth-order valence-corrected chi connectivity index (χ4v) is 2.89. The van der Waals surface area contributed by atoms with Crippen LogP contribution in [-0.2, 0) is 16.6 Å². The molecule has 0 aliphatic heterocycles. The summed E-state index contributed by atoms with van der Waals surface area (Å²) in [5.74, 6) is -3.44. The van der Waals surface area contributed by atoms with Gasteiger partial charge in [0.1, 0.15) is 17.6 Å². The normalized spacial score (nSPS) is 10.2. The van der Waals surface area contributed by atoms with Gasteiger partial charge in [-0.2, -0.15) is 5.26 Å². The average molecular weight is 392 g/mol. The van der Waals surface area contributed by atoms with Crippen LogP contribution in [0.5, 0.6) is 0 Å². The molecule has 1 amide bonds. The van der Waals surface area contributed by atoms with Gasteiger partial charge in [0.15, 0.2) is 0 Å². The number of nitrogens with zero attached hydrogens (tertiary/aromatic N) is 2. The van der Waals surface area contributed by atoms with Gasteiger partial charge in [-0.1, -0.05) is 11.6 Å². The van der Waals surface area contributed by atoms with E-state index in [9.17, 15) is 18.8 Å². The lowest BCUT2D eigenvalue weighted by Gasteiger charge is -2.08. The van der Waals surface area contributed by atoms with Gasteiger partial charge in [0, 0.05) is 18.4 Å². The molecule has 1 aromatic heterocycles. The first-order valence-corrected chi connectivity index (χ1v) is 8.17. The zero-order chi connectivity index (χ0) is 20.3. The minimum atomic E-state index is -1.07. The average Bonchev–Trinajstić information content (AvgIpc) is 2.85. The Balaban J connectivity index is 2.40. The monoisotopic (exact) mass is 391 g/mol. The fourth-order valence-electron chi connectivity index (χ4n) is 2.45. The molecule has 1 heterocycles. The van der Waals surface area contributed by atoms with Crippen molar-refractivity contribution >= 4 is 34.9 Å². The smallest absolute Gasteiger partial charge is 0.379 e. The third-order valence-corrected chi connectivity index (χ3v) is 4.24. The zero-order valence-electron chi connectivity index (χ0n) is 14.7. The molecule has 0 aliphatic rings. The van der Waals surface area contributed by atoms with Gasteiger partial charge < -0.3 is 14.6 Å². The van der Waals surface area contributed by atoms with Gasteiger partial charge in [-0.05, 0) is 32.0 Å². The molecule has 27 heavy (non-hydrogen) atoms. The number of halogens is 2. The van der Waals surface area contributed by atoms with E-state index in [2.05, 4.69) is 10.1 Å². The molecule has 0 bridgehead atoms. The molecule has 2 rings (SSSR count). The lowest BCUT2D eigenvalue weighted by atomic mass is 10.1. The molecule has 0 atom stereocenters. The molecule has 2 aromatic rings. The Bertz CT molecular complexity index is 991. The van der Waals surface area contributed by atoms with Crippen molar-refractivity contribution in [3.63, 3.8) is 0 Å². The van der Waals surface area contributed by atoms with E-state index in [4.69, 9.17) is 16.9 Å². The number of esters is 1. The van der Waals surface area contributed by atoms with Crippen molar-refractivity contribution in [3.05, 3.63) is 51.6 Å². The van der Waals surface area contributed by atoms with Crippen LogP contribution < -0.4 is 5.32 Å². The minimum Gasteiger partial charge on any atom is -0.460 e. The van der Waals surface area contributed by atoms with E-state index in [1.54, 1.807) is 13.0 Å². The zero-order valence-corrected chi connectivity index (χ0v) is 15.5. The SMILES string of the molecule is CCOC(=O)C(=O)c1c(Cl)c(C(=O)Nc2ccc(F)c(C#N)c2)n(C)c1C. The first-order valence-electron chi connectivity index (χ1n) is 7.80. The van der Waals surface area contributed by atoms with Crippen LogP contribution in [0.25, 0.3) is 0 Å². The van der Waals surface area contributed by atoms with Gasteiger partial charge in [-0.25, -0.2) is 9.18 Å². The summed E-state index contributed by atoms with van der Waals surface area (Å²) in [5, 5.41) is 11.2. The number of ether oxygens (including phenoxy) is 1. The third kappa shape index (κ3) is 3.83. The van der Waals surface area contributed by atoms with Crippen LogP contribution in [0, 0.1) is 24.1 Å². The maximum absolute atomic E-state index is 13.4. The molecule has 1 N–H and O–H groups in total. The Morgan fingerprint density at radius 3 is 2.63 bits per heavy atom. The number of nitriles is 1. The minimum absolute atomic E-state index is 0.0210. The summed E-state index contributed by atoms with van der Waals surface area (Å²) in [5.41, 5.74) is 0.0514. The highest BCUT2D eigenvalue weighted by molar-refractivity contribution is 6.47. The number of ketones is 1. The van der Waals surface area contributed by atoms with Crippen molar-refractivity contribution in [1.82, 2.24) is 4.57 Å². The summed E-state index contributed by atoms with van der Waals surface area (Å²) in [6.07, 6.45) is 0. The van der Waals surface area contributed by atoms with Crippen molar-refractivity contribution in [2.45, 2.75) is 13.8 Å². The number of Topliss-reactive ketones (excluding diaryl/α,β-unsaturated/α-hetero) is 1. The van der Waals surface area contributed by atoms with Gasteiger partial charge in [0.25, 0.3) is 11.7 Å². The number of benzene rings is 1. The Morgan fingerprint density at radius 1 is 1.37 bits per heavy atom. The lowest BCUT2D eigenvalue weighted by Crippen LogP contribution is -2.18. The number of anilines is 1. The maximum atomic E-state index is 13.4. The molecule has 0 fully saturated rings. The van der Waals surface area contributed by atoms with Crippen molar-refractivity contribution in [1.29, 1.82) is 5.26 Å². The van der Waals surface area contributed by atoms with Gasteiger partial charge in [0.2, 0.25) is 0 Å². The van der Waals surface area contributed by atoms with Crippen LogP contribution in [0.3, 0.4) is 0 Å². The number of rotatable bonds is 5. The van der Waals surface area contributed by atoms with Crippen LogP contribution in [0.15, 0.2) is 18.2 Å². The van der Waals surface area contributed by atoms with Crippen LogP contribution in [0.1, 0.15) is 39.0 Å². The van der Waals surface area contributed by atoms with E-state index >= 15 is 0 Å². The quantitative estimate of drug-likeness (QED) is 0.479. The summed E-state index contributed by atoms with van der Waals surface area (Å²) in [6.45, 7) is 3.11. The lowest BCUT2D eigenvalue weighted by molar-refractivity contribution is -0.137. The number of aromatic nitrogens is 1. The van der Waals surface area contributed by atoms with Crippen molar-refractivity contribution in [2.24, 2.45) is 7.05 Å². The summed E-state index contributed by atoms with van der Waals surface area (Å²) < 4.78 is 19.4. The second-order valence-corrected chi connectivity index (χ2v) is 5.87. The first kappa shape index (κ1) is 20.1. The summed E-state index contributed by atoms with van der Waals surface area (Å²) in [6, 6.07) is 5.16. The summed E-state index contributed by atoms with van der Waals surface area (Å²) >= 11 is 6.20. The predicted octanol–water partition coefficient (Wildman–Crippen LogP) is 3.00. The molecule has 0 saturated carbocycles. The highest BCUT2D eigenvalue weighted by atomic mass is 35.5.